The standard InChI is InChI=1S/C22H26O8/c23-17(13-29-19(25)11-15-7-3-1-4-8-15)21(27)22(28)18(24)14-30-20(26)12-16-9-5-2-6-10-16/h1-10,17-18,21-24,27-28H,11-14H2/t17-,18-,21-,22-/m1/s1. The lowest BCUT2D eigenvalue weighted by Gasteiger charge is -2.26. The van der Waals surface area contributed by atoms with Gasteiger partial charge in [-0.25, -0.2) is 0 Å². The summed E-state index contributed by atoms with van der Waals surface area (Å²) >= 11 is 0. The number of carbonyl (C=O) groups excluding carboxylic acids is 2. The van der Waals surface area contributed by atoms with Gasteiger partial charge in [-0.05, 0) is 11.1 Å². The van der Waals surface area contributed by atoms with Crippen LogP contribution in [0.5, 0.6) is 0 Å². The fraction of sp³-hybridized carbons (Fsp3) is 0.364. The highest BCUT2D eigenvalue weighted by molar-refractivity contribution is 5.73. The van der Waals surface area contributed by atoms with E-state index in [-0.39, 0.29) is 12.8 Å². The van der Waals surface area contributed by atoms with E-state index in [9.17, 15) is 30.0 Å². The molecule has 8 heteroatoms. The van der Waals surface area contributed by atoms with Crippen LogP contribution in [-0.4, -0.2) is 70.0 Å². The van der Waals surface area contributed by atoms with Gasteiger partial charge in [0.15, 0.2) is 0 Å². The van der Waals surface area contributed by atoms with E-state index >= 15 is 0 Å². The topological polar surface area (TPSA) is 134 Å². The van der Waals surface area contributed by atoms with Crippen molar-refractivity contribution < 1.29 is 39.5 Å². The third-order valence-corrected chi connectivity index (χ3v) is 4.35. The molecule has 0 fully saturated rings. The van der Waals surface area contributed by atoms with Gasteiger partial charge in [0.25, 0.3) is 0 Å². The van der Waals surface area contributed by atoms with Crippen LogP contribution < -0.4 is 0 Å². The zero-order valence-corrected chi connectivity index (χ0v) is 16.3. The van der Waals surface area contributed by atoms with E-state index in [0.717, 1.165) is 11.1 Å². The van der Waals surface area contributed by atoms with Crippen molar-refractivity contribution in [1.29, 1.82) is 0 Å². The van der Waals surface area contributed by atoms with Gasteiger partial charge in [-0.3, -0.25) is 9.59 Å². The molecule has 2 aromatic carbocycles. The Bertz CT molecular complexity index is 713. The van der Waals surface area contributed by atoms with Crippen LogP contribution in [0.4, 0.5) is 0 Å². The molecule has 0 aliphatic rings. The minimum atomic E-state index is -1.81. The monoisotopic (exact) mass is 418 g/mol. The number of rotatable bonds is 11. The van der Waals surface area contributed by atoms with Crippen LogP contribution in [0.15, 0.2) is 60.7 Å². The highest BCUT2D eigenvalue weighted by Crippen LogP contribution is 2.09. The lowest BCUT2D eigenvalue weighted by Crippen LogP contribution is -2.48. The van der Waals surface area contributed by atoms with Crippen LogP contribution >= 0.6 is 0 Å². The number of aliphatic hydroxyl groups excluding tert-OH is 4. The smallest absolute Gasteiger partial charge is 0.310 e. The van der Waals surface area contributed by atoms with Gasteiger partial charge in [-0.15, -0.1) is 0 Å². The number of benzene rings is 2. The van der Waals surface area contributed by atoms with Crippen LogP contribution in [0.3, 0.4) is 0 Å². The van der Waals surface area contributed by atoms with Gasteiger partial charge in [0.05, 0.1) is 12.8 Å². The van der Waals surface area contributed by atoms with Crippen molar-refractivity contribution in [2.24, 2.45) is 0 Å². The number of aliphatic hydroxyl groups is 4. The van der Waals surface area contributed by atoms with Crippen LogP contribution in [0.1, 0.15) is 11.1 Å². The Hall–Kier alpha value is -2.78. The summed E-state index contributed by atoms with van der Waals surface area (Å²) in [7, 11) is 0. The molecular formula is C22H26O8. The molecule has 8 nitrogen and oxygen atoms in total. The molecule has 0 spiro atoms. The second-order valence-electron chi connectivity index (χ2n) is 6.81. The third-order valence-electron chi connectivity index (χ3n) is 4.35. The summed E-state index contributed by atoms with van der Waals surface area (Å²) in [6, 6.07) is 17.7. The van der Waals surface area contributed by atoms with E-state index in [1.807, 2.05) is 0 Å². The molecule has 162 valence electrons. The molecule has 4 N–H and O–H groups in total. The second-order valence-corrected chi connectivity index (χ2v) is 6.81. The molecule has 0 bridgehead atoms. The van der Waals surface area contributed by atoms with Crippen molar-refractivity contribution >= 4 is 11.9 Å². The van der Waals surface area contributed by atoms with Gasteiger partial charge in [0.1, 0.15) is 37.6 Å². The maximum Gasteiger partial charge on any atom is 0.310 e. The molecule has 0 aromatic heterocycles. The first-order chi connectivity index (χ1) is 14.4. The molecule has 0 heterocycles. The molecule has 0 amide bonds. The summed E-state index contributed by atoms with van der Waals surface area (Å²) in [5.41, 5.74) is 1.45. The first-order valence-electron chi connectivity index (χ1n) is 9.48. The Balaban J connectivity index is 1.71. The van der Waals surface area contributed by atoms with Crippen LogP contribution in [0.25, 0.3) is 0 Å². The Morgan fingerprint density at radius 1 is 0.633 bits per heavy atom. The van der Waals surface area contributed by atoms with Gasteiger partial charge in [0, 0.05) is 0 Å². The molecule has 30 heavy (non-hydrogen) atoms. The number of carbonyl (C=O) groups is 2. The summed E-state index contributed by atoms with van der Waals surface area (Å²) < 4.78 is 9.79. The Labute approximate surface area is 174 Å². The van der Waals surface area contributed by atoms with E-state index in [1.165, 1.54) is 0 Å². The van der Waals surface area contributed by atoms with E-state index in [4.69, 9.17) is 9.47 Å². The quantitative estimate of drug-likeness (QED) is 0.375. The van der Waals surface area contributed by atoms with E-state index in [0.29, 0.717) is 0 Å². The number of hydrogen-bond acceptors (Lipinski definition) is 8. The molecule has 2 aromatic rings. The van der Waals surface area contributed by atoms with Crippen molar-refractivity contribution in [3.63, 3.8) is 0 Å². The first-order valence-corrected chi connectivity index (χ1v) is 9.48. The van der Waals surface area contributed by atoms with Gasteiger partial charge in [-0.1, -0.05) is 60.7 Å². The summed E-state index contributed by atoms with van der Waals surface area (Å²) in [5.74, 6) is -1.23. The minimum absolute atomic E-state index is 0.00774. The average Bonchev–Trinajstić information content (AvgIpc) is 2.76. The van der Waals surface area contributed by atoms with Crippen LogP contribution in [-0.2, 0) is 31.9 Å². The van der Waals surface area contributed by atoms with Crippen molar-refractivity contribution in [3.8, 4) is 0 Å². The van der Waals surface area contributed by atoms with E-state index in [1.54, 1.807) is 60.7 Å². The number of hydrogen-bond donors (Lipinski definition) is 4. The third kappa shape index (κ3) is 7.92. The Morgan fingerprint density at radius 2 is 0.967 bits per heavy atom. The van der Waals surface area contributed by atoms with Gasteiger partial charge >= 0.3 is 11.9 Å². The first kappa shape index (κ1) is 23.5. The van der Waals surface area contributed by atoms with Gasteiger partial charge < -0.3 is 29.9 Å². The van der Waals surface area contributed by atoms with Crippen molar-refractivity contribution in [2.75, 3.05) is 13.2 Å². The molecular weight excluding hydrogens is 392 g/mol. The summed E-state index contributed by atoms with van der Waals surface area (Å²) in [4.78, 5) is 23.6. The Kier molecular flexibility index (Phi) is 9.43. The normalized spacial score (nSPS) is 14.9. The van der Waals surface area contributed by atoms with Crippen molar-refractivity contribution in [1.82, 2.24) is 0 Å². The summed E-state index contributed by atoms with van der Waals surface area (Å²) in [5, 5.41) is 39.8. The highest BCUT2D eigenvalue weighted by atomic mass is 16.5. The fourth-order valence-corrected chi connectivity index (χ4v) is 2.64. The summed E-state index contributed by atoms with van der Waals surface area (Å²) in [6.07, 6.45) is -6.89. The molecule has 0 saturated carbocycles. The molecule has 2 rings (SSSR count). The lowest BCUT2D eigenvalue weighted by molar-refractivity contribution is -0.162. The molecule has 0 aliphatic carbocycles. The summed E-state index contributed by atoms with van der Waals surface area (Å²) in [6.45, 7) is -1.13. The van der Waals surface area contributed by atoms with Crippen molar-refractivity contribution in [3.05, 3.63) is 71.8 Å². The SMILES string of the molecule is O=C(Cc1ccccc1)OC[C@@H](O)[C@@H](O)[C@H](O)[C@H](O)COC(=O)Cc1ccccc1. The highest BCUT2D eigenvalue weighted by Gasteiger charge is 2.32. The van der Waals surface area contributed by atoms with Gasteiger partial charge in [0.2, 0.25) is 0 Å². The predicted molar refractivity (Wildman–Crippen MR) is 106 cm³/mol. The maximum atomic E-state index is 11.8. The zero-order chi connectivity index (χ0) is 21.9. The molecule has 0 saturated heterocycles. The van der Waals surface area contributed by atoms with E-state index in [2.05, 4.69) is 0 Å². The Morgan fingerprint density at radius 3 is 1.30 bits per heavy atom. The molecule has 4 atom stereocenters. The minimum Gasteiger partial charge on any atom is -0.463 e. The predicted octanol–water partition coefficient (Wildman–Crippen LogP) is 0.00180. The molecule has 0 radical (unpaired) electrons. The van der Waals surface area contributed by atoms with E-state index < -0.39 is 49.6 Å². The maximum absolute atomic E-state index is 11.8. The largest absolute Gasteiger partial charge is 0.463 e. The number of ether oxygens (including phenoxy) is 2. The molecule has 0 unspecified atom stereocenters. The lowest BCUT2D eigenvalue weighted by atomic mass is 10.0. The fourth-order valence-electron chi connectivity index (χ4n) is 2.64. The average molecular weight is 418 g/mol. The van der Waals surface area contributed by atoms with Crippen LogP contribution in [0.2, 0.25) is 0 Å². The zero-order valence-electron chi connectivity index (χ0n) is 16.3. The van der Waals surface area contributed by atoms with Crippen LogP contribution in [0, 0.1) is 0 Å². The van der Waals surface area contributed by atoms with Gasteiger partial charge in [-0.2, -0.15) is 0 Å². The second kappa shape index (κ2) is 12.0. The number of esters is 2. The van der Waals surface area contributed by atoms with Crippen molar-refractivity contribution in [2.45, 2.75) is 37.3 Å². The molecule has 0 aliphatic heterocycles.